The van der Waals surface area contributed by atoms with Crippen LogP contribution in [-0.2, 0) is 6.42 Å². The molecule has 0 amide bonds. The van der Waals surface area contributed by atoms with Gasteiger partial charge in [0.25, 0.3) is 0 Å². The average Bonchev–Trinajstić information content (AvgIpc) is 2.85. The highest BCUT2D eigenvalue weighted by atomic mass is 35.5. The smallest absolute Gasteiger partial charge is 0.119 e. The molecule has 1 atom stereocenters. The Kier molecular flexibility index (Phi) is 5.89. The van der Waals surface area contributed by atoms with Crippen LogP contribution in [0.2, 0.25) is 4.34 Å². The summed E-state index contributed by atoms with van der Waals surface area (Å²) < 4.78 is 6.46. The van der Waals surface area contributed by atoms with Gasteiger partial charge < -0.3 is 10.5 Å². The SMILES string of the molecule is CCCCOc1ccc(C(N)Cc2ccc(Cl)s2)cc1. The van der Waals surface area contributed by atoms with Gasteiger partial charge in [0, 0.05) is 17.3 Å². The van der Waals surface area contributed by atoms with Crippen molar-refractivity contribution in [3.05, 3.63) is 51.2 Å². The second-order valence-electron chi connectivity index (χ2n) is 4.79. The van der Waals surface area contributed by atoms with Crippen LogP contribution in [0.3, 0.4) is 0 Å². The molecule has 0 saturated heterocycles. The highest BCUT2D eigenvalue weighted by molar-refractivity contribution is 7.16. The summed E-state index contributed by atoms with van der Waals surface area (Å²) in [6.07, 6.45) is 3.04. The van der Waals surface area contributed by atoms with Crippen LogP contribution in [0.5, 0.6) is 5.75 Å². The van der Waals surface area contributed by atoms with Gasteiger partial charge in [-0.1, -0.05) is 37.1 Å². The molecule has 2 N–H and O–H groups in total. The lowest BCUT2D eigenvalue weighted by Gasteiger charge is -2.12. The lowest BCUT2D eigenvalue weighted by molar-refractivity contribution is 0.309. The third-order valence-electron chi connectivity index (χ3n) is 3.12. The van der Waals surface area contributed by atoms with E-state index < -0.39 is 0 Å². The molecule has 4 heteroatoms. The van der Waals surface area contributed by atoms with Gasteiger partial charge >= 0.3 is 0 Å². The van der Waals surface area contributed by atoms with E-state index >= 15 is 0 Å². The molecule has 1 heterocycles. The van der Waals surface area contributed by atoms with E-state index in [0.29, 0.717) is 0 Å². The number of hydrogen-bond donors (Lipinski definition) is 1. The standard InChI is InChI=1S/C16H20ClNOS/c1-2-3-10-19-13-6-4-12(5-7-13)15(18)11-14-8-9-16(17)20-14/h4-9,15H,2-3,10-11,18H2,1H3. The Morgan fingerprint density at radius 1 is 1.20 bits per heavy atom. The lowest BCUT2D eigenvalue weighted by Crippen LogP contribution is -2.12. The second-order valence-corrected chi connectivity index (χ2v) is 6.59. The van der Waals surface area contributed by atoms with Crippen LogP contribution in [0.4, 0.5) is 0 Å². The number of ether oxygens (including phenoxy) is 1. The van der Waals surface area contributed by atoms with Crippen LogP contribution in [0.25, 0.3) is 0 Å². The number of rotatable bonds is 7. The van der Waals surface area contributed by atoms with E-state index in [1.54, 1.807) is 11.3 Å². The third kappa shape index (κ3) is 4.51. The first-order chi connectivity index (χ1) is 9.69. The summed E-state index contributed by atoms with van der Waals surface area (Å²) in [7, 11) is 0. The van der Waals surface area contributed by atoms with Crippen LogP contribution in [0.15, 0.2) is 36.4 Å². The predicted molar refractivity (Wildman–Crippen MR) is 86.8 cm³/mol. The first-order valence-electron chi connectivity index (χ1n) is 6.91. The molecule has 2 aromatic rings. The fourth-order valence-corrected chi connectivity index (χ4v) is 3.09. The molecule has 2 rings (SSSR count). The van der Waals surface area contributed by atoms with Gasteiger partial charge in [0.15, 0.2) is 0 Å². The van der Waals surface area contributed by atoms with E-state index in [9.17, 15) is 0 Å². The van der Waals surface area contributed by atoms with Gasteiger partial charge in [-0.25, -0.2) is 0 Å². The first-order valence-corrected chi connectivity index (χ1v) is 8.11. The van der Waals surface area contributed by atoms with Crippen LogP contribution in [0, 0.1) is 0 Å². The Labute approximate surface area is 129 Å². The normalized spacial score (nSPS) is 12.3. The molecule has 1 aromatic carbocycles. The number of unbranched alkanes of at least 4 members (excludes halogenated alkanes) is 1. The minimum atomic E-state index is -0.00518. The van der Waals surface area contributed by atoms with Crippen molar-refractivity contribution in [2.45, 2.75) is 32.2 Å². The predicted octanol–water partition coefficient (Wildman–Crippen LogP) is 4.82. The Morgan fingerprint density at radius 2 is 1.95 bits per heavy atom. The highest BCUT2D eigenvalue weighted by Gasteiger charge is 2.09. The van der Waals surface area contributed by atoms with Crippen molar-refractivity contribution < 1.29 is 4.74 Å². The minimum Gasteiger partial charge on any atom is -0.494 e. The van der Waals surface area contributed by atoms with Crippen molar-refractivity contribution in [2.24, 2.45) is 5.73 Å². The minimum absolute atomic E-state index is 0.00518. The zero-order valence-corrected chi connectivity index (χ0v) is 13.2. The van der Waals surface area contributed by atoms with E-state index in [-0.39, 0.29) is 6.04 Å². The molecule has 0 aliphatic rings. The average molecular weight is 310 g/mol. The van der Waals surface area contributed by atoms with E-state index in [1.165, 1.54) is 4.88 Å². The van der Waals surface area contributed by atoms with Gasteiger partial charge in [-0.15, -0.1) is 11.3 Å². The van der Waals surface area contributed by atoms with E-state index in [2.05, 4.69) is 6.92 Å². The Balaban J connectivity index is 1.91. The topological polar surface area (TPSA) is 35.2 Å². The van der Waals surface area contributed by atoms with Gasteiger partial charge in [0.1, 0.15) is 5.75 Å². The largest absolute Gasteiger partial charge is 0.494 e. The van der Waals surface area contributed by atoms with Crippen molar-refractivity contribution in [3.8, 4) is 5.75 Å². The molecule has 0 radical (unpaired) electrons. The van der Waals surface area contributed by atoms with Gasteiger partial charge in [-0.2, -0.15) is 0 Å². The molecule has 0 fully saturated rings. The van der Waals surface area contributed by atoms with E-state index in [1.807, 2.05) is 36.4 Å². The lowest BCUT2D eigenvalue weighted by atomic mass is 10.0. The van der Waals surface area contributed by atoms with Gasteiger partial charge in [-0.3, -0.25) is 0 Å². The Morgan fingerprint density at radius 3 is 2.55 bits per heavy atom. The zero-order chi connectivity index (χ0) is 14.4. The molecule has 0 spiro atoms. The molecular weight excluding hydrogens is 290 g/mol. The van der Waals surface area contributed by atoms with E-state index in [0.717, 1.165) is 41.5 Å². The van der Waals surface area contributed by atoms with Crippen molar-refractivity contribution in [1.82, 2.24) is 0 Å². The maximum Gasteiger partial charge on any atom is 0.119 e. The van der Waals surface area contributed by atoms with Gasteiger partial charge in [-0.05, 0) is 36.2 Å². The zero-order valence-electron chi connectivity index (χ0n) is 11.6. The molecule has 1 unspecified atom stereocenters. The molecule has 1 aromatic heterocycles. The molecule has 0 aliphatic carbocycles. The number of thiophene rings is 1. The van der Waals surface area contributed by atoms with Crippen LogP contribution in [0.1, 0.15) is 36.2 Å². The van der Waals surface area contributed by atoms with Crippen LogP contribution >= 0.6 is 22.9 Å². The van der Waals surface area contributed by atoms with Crippen molar-refractivity contribution in [3.63, 3.8) is 0 Å². The quantitative estimate of drug-likeness (QED) is 0.744. The molecule has 2 nitrogen and oxygen atoms in total. The molecule has 0 aliphatic heterocycles. The number of halogens is 1. The van der Waals surface area contributed by atoms with Crippen LogP contribution in [-0.4, -0.2) is 6.61 Å². The first kappa shape index (κ1) is 15.4. The Bertz CT molecular complexity index is 524. The van der Waals surface area contributed by atoms with Crippen molar-refractivity contribution in [1.29, 1.82) is 0 Å². The summed E-state index contributed by atoms with van der Waals surface area (Å²) in [6.45, 7) is 2.93. The van der Waals surface area contributed by atoms with Crippen LogP contribution < -0.4 is 10.5 Å². The fourth-order valence-electron chi connectivity index (χ4n) is 1.94. The number of nitrogens with two attached hydrogens (primary N) is 1. The fraction of sp³-hybridized carbons (Fsp3) is 0.375. The maximum atomic E-state index is 6.23. The van der Waals surface area contributed by atoms with Crippen molar-refractivity contribution in [2.75, 3.05) is 6.61 Å². The molecular formula is C16H20ClNOS. The summed E-state index contributed by atoms with van der Waals surface area (Å²) in [4.78, 5) is 1.21. The highest BCUT2D eigenvalue weighted by Crippen LogP contribution is 2.26. The number of benzene rings is 1. The summed E-state index contributed by atoms with van der Waals surface area (Å²) in [5.41, 5.74) is 7.35. The summed E-state index contributed by atoms with van der Waals surface area (Å²) in [5.74, 6) is 0.911. The molecule has 108 valence electrons. The monoisotopic (exact) mass is 309 g/mol. The van der Waals surface area contributed by atoms with Crippen molar-refractivity contribution >= 4 is 22.9 Å². The summed E-state index contributed by atoms with van der Waals surface area (Å²) >= 11 is 7.52. The van der Waals surface area contributed by atoms with Gasteiger partial charge in [0.05, 0.1) is 10.9 Å². The Hall–Kier alpha value is -1.03. The summed E-state index contributed by atoms with van der Waals surface area (Å²) in [5, 5.41) is 0. The molecule has 0 bridgehead atoms. The summed E-state index contributed by atoms with van der Waals surface area (Å²) in [6, 6.07) is 12.0. The van der Waals surface area contributed by atoms with Gasteiger partial charge in [0.2, 0.25) is 0 Å². The van der Waals surface area contributed by atoms with E-state index in [4.69, 9.17) is 22.1 Å². The second kappa shape index (κ2) is 7.67. The number of hydrogen-bond acceptors (Lipinski definition) is 3. The molecule has 20 heavy (non-hydrogen) atoms. The maximum absolute atomic E-state index is 6.23. The molecule has 0 saturated carbocycles. The third-order valence-corrected chi connectivity index (χ3v) is 4.38.